The van der Waals surface area contributed by atoms with Gasteiger partial charge >= 0.3 is 0 Å². The van der Waals surface area contributed by atoms with Gasteiger partial charge in [0.05, 0.1) is 17.9 Å². The first-order valence-electron chi connectivity index (χ1n) is 7.30. The van der Waals surface area contributed by atoms with Gasteiger partial charge in [-0.05, 0) is 42.3 Å². The molecule has 21 heavy (non-hydrogen) atoms. The van der Waals surface area contributed by atoms with Crippen LogP contribution in [0.5, 0.6) is 0 Å². The zero-order valence-electron chi connectivity index (χ0n) is 11.8. The van der Waals surface area contributed by atoms with E-state index in [0.29, 0.717) is 17.3 Å². The summed E-state index contributed by atoms with van der Waals surface area (Å²) < 4.78 is 0. The molecule has 2 aromatic rings. The molecule has 1 fully saturated rings. The Morgan fingerprint density at radius 1 is 1.33 bits per heavy atom. The molecule has 0 spiro atoms. The summed E-state index contributed by atoms with van der Waals surface area (Å²) in [5.74, 6) is 0.404. The highest BCUT2D eigenvalue weighted by atomic mass is 32.1. The van der Waals surface area contributed by atoms with E-state index in [2.05, 4.69) is 21.7 Å². The van der Waals surface area contributed by atoms with Gasteiger partial charge in [-0.2, -0.15) is 0 Å². The number of rotatable bonds is 4. The van der Waals surface area contributed by atoms with Gasteiger partial charge in [0.2, 0.25) is 0 Å². The molecule has 0 aromatic carbocycles. The third-order valence-electron chi connectivity index (χ3n) is 4.03. The summed E-state index contributed by atoms with van der Waals surface area (Å²) in [5.41, 5.74) is 6.60. The molecule has 1 unspecified atom stereocenters. The first kappa shape index (κ1) is 14.1. The molecule has 4 nitrogen and oxygen atoms in total. The third-order valence-corrected chi connectivity index (χ3v) is 4.98. The molecular formula is C16H19N3OS. The summed E-state index contributed by atoms with van der Waals surface area (Å²) in [6.45, 7) is 0. The number of anilines is 1. The lowest BCUT2D eigenvalue weighted by Gasteiger charge is -2.23. The fourth-order valence-corrected chi connectivity index (χ4v) is 3.80. The largest absolute Gasteiger partial charge is 0.397 e. The van der Waals surface area contributed by atoms with Crippen molar-refractivity contribution in [2.45, 2.75) is 31.7 Å². The normalized spacial score (nSPS) is 16.8. The van der Waals surface area contributed by atoms with E-state index < -0.39 is 0 Å². The summed E-state index contributed by atoms with van der Waals surface area (Å²) in [4.78, 5) is 17.7. The Labute approximate surface area is 128 Å². The number of nitrogens with zero attached hydrogens (tertiary/aromatic N) is 1. The quantitative estimate of drug-likeness (QED) is 0.909. The van der Waals surface area contributed by atoms with Crippen LogP contribution >= 0.6 is 11.3 Å². The molecule has 110 valence electrons. The fourth-order valence-electron chi connectivity index (χ4n) is 2.94. The number of amides is 1. The zero-order valence-corrected chi connectivity index (χ0v) is 12.6. The Hall–Kier alpha value is -1.88. The third kappa shape index (κ3) is 3.24. The first-order valence-corrected chi connectivity index (χ1v) is 8.18. The molecule has 1 saturated carbocycles. The zero-order chi connectivity index (χ0) is 14.7. The summed E-state index contributed by atoms with van der Waals surface area (Å²) in [6, 6.07) is 7.61. The molecule has 1 amide bonds. The first-order chi connectivity index (χ1) is 10.2. The van der Waals surface area contributed by atoms with Crippen molar-refractivity contribution in [1.82, 2.24) is 10.3 Å². The second-order valence-electron chi connectivity index (χ2n) is 5.49. The smallest absolute Gasteiger partial charge is 0.270 e. The Bertz CT molecular complexity index is 588. The van der Waals surface area contributed by atoms with E-state index in [1.165, 1.54) is 36.8 Å². The van der Waals surface area contributed by atoms with E-state index in [1.807, 2.05) is 6.07 Å². The number of nitrogens with one attached hydrogen (secondary N) is 1. The topological polar surface area (TPSA) is 68.0 Å². The average molecular weight is 301 g/mol. The average Bonchev–Trinajstić information content (AvgIpc) is 3.19. The van der Waals surface area contributed by atoms with Crippen LogP contribution in [0.25, 0.3) is 0 Å². The maximum Gasteiger partial charge on any atom is 0.270 e. The maximum absolute atomic E-state index is 12.4. The Kier molecular flexibility index (Phi) is 4.20. The van der Waals surface area contributed by atoms with Crippen molar-refractivity contribution in [3.63, 3.8) is 0 Å². The van der Waals surface area contributed by atoms with Crippen LogP contribution in [0, 0.1) is 5.92 Å². The van der Waals surface area contributed by atoms with E-state index in [1.54, 1.807) is 23.5 Å². The minimum atomic E-state index is -0.125. The van der Waals surface area contributed by atoms with Crippen LogP contribution in [-0.2, 0) is 0 Å². The Morgan fingerprint density at radius 2 is 2.14 bits per heavy atom. The van der Waals surface area contributed by atoms with Crippen LogP contribution in [0.15, 0.2) is 35.8 Å². The SMILES string of the molecule is Nc1ccc(C(=O)NC(c2cccs2)C2CCCC2)nc1. The minimum absolute atomic E-state index is 0.0966. The lowest BCUT2D eigenvalue weighted by Crippen LogP contribution is -2.32. The predicted octanol–water partition coefficient (Wildman–Crippen LogP) is 3.39. The highest BCUT2D eigenvalue weighted by Crippen LogP contribution is 2.37. The van der Waals surface area contributed by atoms with Gasteiger partial charge in [0, 0.05) is 4.88 Å². The van der Waals surface area contributed by atoms with E-state index in [0.717, 1.165) is 0 Å². The molecule has 2 heterocycles. The molecule has 1 aliphatic rings. The standard InChI is InChI=1S/C16H19N3OS/c17-12-7-8-13(18-10-12)16(20)19-15(11-4-1-2-5-11)14-6-3-9-21-14/h3,6-11,15H,1-2,4-5,17H2,(H,19,20). The number of carbonyl (C=O) groups is 1. The van der Waals surface area contributed by atoms with Gasteiger partial charge in [-0.3, -0.25) is 4.79 Å². The number of pyridine rings is 1. The molecule has 0 saturated heterocycles. The van der Waals surface area contributed by atoms with Crippen molar-refractivity contribution in [3.05, 3.63) is 46.4 Å². The van der Waals surface area contributed by atoms with Crippen molar-refractivity contribution in [2.75, 3.05) is 5.73 Å². The van der Waals surface area contributed by atoms with Gasteiger partial charge in [0.15, 0.2) is 0 Å². The van der Waals surface area contributed by atoms with Crippen molar-refractivity contribution in [2.24, 2.45) is 5.92 Å². The maximum atomic E-state index is 12.4. The van der Waals surface area contributed by atoms with Gasteiger partial charge in [0.1, 0.15) is 5.69 Å². The van der Waals surface area contributed by atoms with Crippen molar-refractivity contribution in [3.8, 4) is 0 Å². The lowest BCUT2D eigenvalue weighted by atomic mass is 9.96. The lowest BCUT2D eigenvalue weighted by molar-refractivity contribution is 0.0918. The van der Waals surface area contributed by atoms with E-state index in [-0.39, 0.29) is 11.9 Å². The molecule has 0 bridgehead atoms. The van der Waals surface area contributed by atoms with E-state index >= 15 is 0 Å². The second-order valence-corrected chi connectivity index (χ2v) is 6.47. The van der Waals surface area contributed by atoms with Crippen LogP contribution in [0.3, 0.4) is 0 Å². The van der Waals surface area contributed by atoms with Crippen molar-refractivity contribution in [1.29, 1.82) is 0 Å². The van der Waals surface area contributed by atoms with Gasteiger partial charge in [-0.25, -0.2) is 4.98 Å². The summed E-state index contributed by atoms with van der Waals surface area (Å²) in [6.07, 6.45) is 6.38. The molecule has 0 aliphatic heterocycles. The van der Waals surface area contributed by atoms with E-state index in [9.17, 15) is 4.79 Å². The minimum Gasteiger partial charge on any atom is -0.397 e. The van der Waals surface area contributed by atoms with Crippen molar-refractivity contribution >= 4 is 22.9 Å². The van der Waals surface area contributed by atoms with Crippen LogP contribution in [0.1, 0.15) is 47.1 Å². The molecule has 5 heteroatoms. The van der Waals surface area contributed by atoms with Gasteiger partial charge in [-0.1, -0.05) is 18.9 Å². The summed E-state index contributed by atoms with van der Waals surface area (Å²) in [7, 11) is 0. The molecule has 3 rings (SSSR count). The number of hydrogen-bond acceptors (Lipinski definition) is 4. The highest BCUT2D eigenvalue weighted by Gasteiger charge is 2.28. The summed E-state index contributed by atoms with van der Waals surface area (Å²) in [5, 5.41) is 5.23. The molecular weight excluding hydrogens is 282 g/mol. The number of thiophene rings is 1. The van der Waals surface area contributed by atoms with Gasteiger partial charge in [0.25, 0.3) is 5.91 Å². The highest BCUT2D eigenvalue weighted by molar-refractivity contribution is 7.10. The number of nitrogens with two attached hydrogens (primary N) is 1. The molecule has 3 N–H and O–H groups in total. The Balaban J connectivity index is 1.77. The van der Waals surface area contributed by atoms with Crippen LogP contribution in [0.4, 0.5) is 5.69 Å². The fraction of sp³-hybridized carbons (Fsp3) is 0.375. The molecule has 1 atom stereocenters. The van der Waals surface area contributed by atoms with Gasteiger partial charge < -0.3 is 11.1 Å². The van der Waals surface area contributed by atoms with Crippen LogP contribution in [0.2, 0.25) is 0 Å². The summed E-state index contributed by atoms with van der Waals surface area (Å²) >= 11 is 1.70. The van der Waals surface area contributed by atoms with E-state index in [4.69, 9.17) is 5.73 Å². The predicted molar refractivity (Wildman–Crippen MR) is 85.1 cm³/mol. The van der Waals surface area contributed by atoms with Gasteiger partial charge in [-0.15, -0.1) is 11.3 Å². The number of nitrogen functional groups attached to an aromatic ring is 1. The van der Waals surface area contributed by atoms with Crippen molar-refractivity contribution < 1.29 is 4.79 Å². The number of aromatic nitrogens is 1. The molecule has 1 aliphatic carbocycles. The van der Waals surface area contributed by atoms with Crippen LogP contribution < -0.4 is 11.1 Å². The second kappa shape index (κ2) is 6.26. The molecule has 0 radical (unpaired) electrons. The number of carbonyl (C=O) groups excluding carboxylic acids is 1. The van der Waals surface area contributed by atoms with Crippen LogP contribution in [-0.4, -0.2) is 10.9 Å². The molecule has 2 aromatic heterocycles. The Morgan fingerprint density at radius 3 is 2.76 bits per heavy atom. The monoisotopic (exact) mass is 301 g/mol. The number of hydrogen-bond donors (Lipinski definition) is 2.